The maximum Gasteiger partial charge on any atom is 0.265 e. The molecule has 0 atom stereocenters. The van der Waals surface area contributed by atoms with Crippen molar-refractivity contribution in [3.63, 3.8) is 0 Å². The van der Waals surface area contributed by atoms with Gasteiger partial charge in [-0.15, -0.1) is 0 Å². The van der Waals surface area contributed by atoms with E-state index in [1.807, 2.05) is 6.07 Å². The number of ether oxygens (including phenoxy) is 2. The van der Waals surface area contributed by atoms with Crippen LogP contribution in [0.2, 0.25) is 16.6 Å². The van der Waals surface area contributed by atoms with E-state index in [-0.39, 0.29) is 40.0 Å². The van der Waals surface area contributed by atoms with Crippen LogP contribution in [0.4, 0.5) is 5.69 Å². The Morgan fingerprint density at radius 3 is 2.13 bits per heavy atom. The molecule has 4 rings (SSSR count). The van der Waals surface area contributed by atoms with Gasteiger partial charge in [-0.1, -0.05) is 41.5 Å². The van der Waals surface area contributed by atoms with Crippen LogP contribution in [0.3, 0.4) is 0 Å². The monoisotopic (exact) mass is 535 g/mol. The minimum atomic E-state index is -2.52. The third-order valence-electron chi connectivity index (χ3n) is 7.79. The second kappa shape index (κ2) is 10.3. The summed E-state index contributed by atoms with van der Waals surface area (Å²) in [6.45, 7) is 13.1. The third kappa shape index (κ3) is 4.18. The molecular weight excluding hydrogens is 498 g/mol. The van der Waals surface area contributed by atoms with Crippen molar-refractivity contribution in [1.82, 2.24) is 9.88 Å². The van der Waals surface area contributed by atoms with Crippen molar-refractivity contribution in [3.05, 3.63) is 53.2 Å². The average molecular weight is 536 g/mol. The van der Waals surface area contributed by atoms with E-state index >= 15 is 0 Å². The van der Waals surface area contributed by atoms with Crippen LogP contribution in [0.25, 0.3) is 10.9 Å². The van der Waals surface area contributed by atoms with Crippen molar-refractivity contribution in [2.24, 2.45) is 0 Å². The van der Waals surface area contributed by atoms with E-state index < -0.39 is 20.1 Å². The number of amides is 2. The van der Waals surface area contributed by atoms with E-state index in [2.05, 4.69) is 46.5 Å². The molecular formula is C29H37N3O5Si. The van der Waals surface area contributed by atoms with Crippen LogP contribution in [0.5, 0.6) is 17.2 Å². The Kier molecular flexibility index (Phi) is 7.43. The van der Waals surface area contributed by atoms with Gasteiger partial charge >= 0.3 is 0 Å². The van der Waals surface area contributed by atoms with Gasteiger partial charge in [-0.2, -0.15) is 0 Å². The molecule has 1 aromatic heterocycles. The summed E-state index contributed by atoms with van der Waals surface area (Å²) in [5.74, 6) is 0.596. The van der Waals surface area contributed by atoms with Crippen molar-refractivity contribution in [2.45, 2.75) is 64.7 Å². The molecule has 0 unspecified atom stereocenters. The maximum atomic E-state index is 14.0. The van der Waals surface area contributed by atoms with E-state index in [1.54, 1.807) is 37.6 Å². The minimum absolute atomic E-state index is 0.0171. The summed E-state index contributed by atoms with van der Waals surface area (Å²) in [5, 5.41) is 0.602. The second-order valence-corrected chi connectivity index (χ2v) is 16.1. The average Bonchev–Trinajstić information content (AvgIpc) is 3.13. The molecule has 2 N–H and O–H groups in total. The van der Waals surface area contributed by atoms with E-state index in [4.69, 9.17) is 19.6 Å². The molecule has 2 aromatic carbocycles. The quantitative estimate of drug-likeness (QED) is 0.198. The van der Waals surface area contributed by atoms with Gasteiger partial charge in [0.2, 0.25) is 0 Å². The highest BCUT2D eigenvalue weighted by Crippen LogP contribution is 2.48. The summed E-state index contributed by atoms with van der Waals surface area (Å²) in [6.07, 6.45) is 1.66. The van der Waals surface area contributed by atoms with Crippen molar-refractivity contribution in [1.29, 1.82) is 0 Å². The molecule has 2 amide bonds. The fourth-order valence-electron chi connectivity index (χ4n) is 6.02. The summed E-state index contributed by atoms with van der Waals surface area (Å²) in [4.78, 5) is 33.7. The lowest BCUT2D eigenvalue weighted by molar-refractivity contribution is 0.0641. The number of nitrogen functional groups attached to an aromatic ring is 1. The molecule has 8 nitrogen and oxygen atoms in total. The number of anilines is 1. The summed E-state index contributed by atoms with van der Waals surface area (Å²) in [5.41, 5.74) is 9.11. The molecule has 0 aliphatic carbocycles. The Bertz CT molecular complexity index is 1380. The lowest BCUT2D eigenvalue weighted by Gasteiger charge is -2.42. The number of rotatable bonds is 9. The minimum Gasteiger partial charge on any atom is -0.541 e. The summed E-state index contributed by atoms with van der Waals surface area (Å²) in [6, 6.07) is 8.87. The highest BCUT2D eigenvalue weighted by molar-refractivity contribution is 6.78. The molecule has 0 saturated carbocycles. The first kappa shape index (κ1) is 27.4. The van der Waals surface area contributed by atoms with Gasteiger partial charge in [0.25, 0.3) is 20.1 Å². The SMILES string of the molecule is COc1ccc(CN2C(=O)c3c(c(O[Si](C(C)C)(C(C)C)C(C)C)c4ncccc4c3N)C2=O)c(OC)c1. The van der Waals surface area contributed by atoms with Crippen molar-refractivity contribution >= 4 is 36.7 Å². The Balaban J connectivity index is 1.92. The van der Waals surface area contributed by atoms with Gasteiger partial charge in [0.05, 0.1) is 37.6 Å². The molecule has 0 radical (unpaired) electrons. The molecule has 0 fully saturated rings. The lowest BCUT2D eigenvalue weighted by atomic mass is 10.0. The van der Waals surface area contributed by atoms with Crippen LogP contribution < -0.4 is 19.6 Å². The Hall–Kier alpha value is -3.59. The zero-order chi connectivity index (χ0) is 27.9. The fourth-order valence-corrected chi connectivity index (χ4v) is 11.3. The third-order valence-corrected chi connectivity index (χ3v) is 13.8. The van der Waals surface area contributed by atoms with Crippen LogP contribution in [-0.4, -0.2) is 44.2 Å². The number of hydrogen-bond donors (Lipinski definition) is 1. The molecule has 38 heavy (non-hydrogen) atoms. The highest BCUT2D eigenvalue weighted by Gasteiger charge is 2.50. The molecule has 9 heteroatoms. The molecule has 0 spiro atoms. The van der Waals surface area contributed by atoms with Crippen LogP contribution in [0.1, 0.15) is 67.8 Å². The number of carbonyl (C=O) groups is 2. The number of hydrogen-bond acceptors (Lipinski definition) is 7. The van der Waals surface area contributed by atoms with E-state index in [9.17, 15) is 9.59 Å². The predicted molar refractivity (Wildman–Crippen MR) is 152 cm³/mol. The lowest BCUT2D eigenvalue weighted by Crippen LogP contribution is -2.51. The first-order valence-corrected chi connectivity index (χ1v) is 15.1. The van der Waals surface area contributed by atoms with Gasteiger partial charge in [-0.25, -0.2) is 0 Å². The van der Waals surface area contributed by atoms with Gasteiger partial charge in [0.15, 0.2) is 0 Å². The number of fused-ring (bicyclic) bond motifs is 2. The summed E-state index contributed by atoms with van der Waals surface area (Å²) >= 11 is 0. The first-order chi connectivity index (χ1) is 18.0. The number of methoxy groups -OCH3 is 2. The zero-order valence-electron chi connectivity index (χ0n) is 23.4. The number of pyridine rings is 1. The van der Waals surface area contributed by atoms with Gasteiger partial charge in [-0.3, -0.25) is 19.5 Å². The predicted octanol–water partition coefficient (Wildman–Crippen LogP) is 6.18. The van der Waals surface area contributed by atoms with Crippen LogP contribution in [0, 0.1) is 0 Å². The molecule has 0 saturated heterocycles. The van der Waals surface area contributed by atoms with Crippen molar-refractivity contribution in [3.8, 4) is 17.2 Å². The number of benzene rings is 2. The Morgan fingerprint density at radius 2 is 1.55 bits per heavy atom. The van der Waals surface area contributed by atoms with Gasteiger partial charge in [0.1, 0.15) is 22.8 Å². The van der Waals surface area contributed by atoms with Gasteiger partial charge in [-0.05, 0) is 40.9 Å². The van der Waals surface area contributed by atoms with Gasteiger partial charge in [0, 0.05) is 23.2 Å². The van der Waals surface area contributed by atoms with E-state index in [0.717, 1.165) is 0 Å². The summed E-state index contributed by atoms with van der Waals surface area (Å²) in [7, 11) is 0.589. The van der Waals surface area contributed by atoms with Crippen molar-refractivity contribution < 1.29 is 23.5 Å². The first-order valence-electron chi connectivity index (χ1n) is 13.0. The van der Waals surface area contributed by atoms with Crippen LogP contribution >= 0.6 is 0 Å². The maximum absolute atomic E-state index is 14.0. The normalized spacial score (nSPS) is 13.7. The Morgan fingerprint density at radius 1 is 0.921 bits per heavy atom. The number of nitrogens with zero attached hydrogens (tertiary/aromatic N) is 2. The van der Waals surface area contributed by atoms with E-state index in [0.29, 0.717) is 33.7 Å². The highest BCUT2D eigenvalue weighted by atomic mass is 28.4. The standard InChI is InChI=1S/C29H37N3O5Si/c1-16(2)38(17(3)4,18(5)6)37-27-24-23(25(30)21-10-9-13-31-26(21)27)28(33)32(29(24)34)15-19-11-12-20(35-7)14-22(19)36-8/h9-14,16-18H,15,30H2,1-8H3. The second-order valence-electron chi connectivity index (χ2n) is 10.7. The number of nitrogens with two attached hydrogens (primary N) is 1. The smallest absolute Gasteiger partial charge is 0.265 e. The molecule has 1 aliphatic rings. The topological polar surface area (TPSA) is 104 Å². The number of carbonyl (C=O) groups excluding carboxylic acids is 2. The van der Waals surface area contributed by atoms with Crippen molar-refractivity contribution in [2.75, 3.05) is 20.0 Å². The molecule has 202 valence electrons. The molecule has 0 bridgehead atoms. The largest absolute Gasteiger partial charge is 0.541 e. The fraction of sp³-hybridized carbons (Fsp3) is 0.414. The molecule has 1 aliphatic heterocycles. The van der Waals surface area contributed by atoms with Crippen LogP contribution in [-0.2, 0) is 6.54 Å². The number of aromatic nitrogens is 1. The van der Waals surface area contributed by atoms with Crippen LogP contribution in [0.15, 0.2) is 36.5 Å². The number of imide groups is 1. The summed E-state index contributed by atoms with van der Waals surface area (Å²) < 4.78 is 17.9. The van der Waals surface area contributed by atoms with E-state index in [1.165, 1.54) is 12.0 Å². The molecule has 3 aromatic rings. The van der Waals surface area contributed by atoms with Gasteiger partial charge < -0.3 is 19.6 Å². The zero-order valence-corrected chi connectivity index (χ0v) is 24.4. The Labute approximate surface area is 225 Å². The molecule has 2 heterocycles.